The number of nitrogens with one attached hydrogen (secondary N) is 1. The lowest BCUT2D eigenvalue weighted by molar-refractivity contribution is -0.120. The molecule has 1 amide bonds. The highest BCUT2D eigenvalue weighted by atomic mass is 16.1. The normalized spacial score (nSPS) is 11.0. The van der Waals surface area contributed by atoms with Crippen LogP contribution in [0.3, 0.4) is 0 Å². The number of nitrogens with zero attached hydrogens (tertiary/aromatic N) is 2. The van der Waals surface area contributed by atoms with Gasteiger partial charge in [0.05, 0.1) is 18.7 Å². The molecule has 2 rings (SSSR count). The summed E-state index contributed by atoms with van der Waals surface area (Å²) >= 11 is 0. The van der Waals surface area contributed by atoms with Crippen LogP contribution < -0.4 is 5.32 Å². The molecular weight excluding hydrogens is 286 g/mol. The second-order valence-electron chi connectivity index (χ2n) is 6.67. The standard InChI is InChI=1S/C19H27N3O/c1-13(2)11-20-19(23)10-18-15(4)21-22(16(18)5)12-17-8-6-7-14(3)9-17/h6-9,13H,10-12H2,1-5H3,(H,20,23). The molecule has 2 aromatic rings. The molecule has 0 saturated heterocycles. The molecule has 0 aliphatic heterocycles. The number of amides is 1. The minimum absolute atomic E-state index is 0.0694. The number of hydrogen-bond donors (Lipinski definition) is 1. The SMILES string of the molecule is Cc1cccc(Cn2nc(C)c(CC(=O)NCC(C)C)c2C)c1. The van der Waals surface area contributed by atoms with Gasteiger partial charge in [0.15, 0.2) is 0 Å². The van der Waals surface area contributed by atoms with Crippen molar-refractivity contribution in [2.45, 2.75) is 47.6 Å². The van der Waals surface area contributed by atoms with Crippen molar-refractivity contribution in [1.29, 1.82) is 0 Å². The first-order valence-electron chi connectivity index (χ1n) is 8.22. The Kier molecular flexibility index (Phi) is 5.59. The molecule has 4 nitrogen and oxygen atoms in total. The van der Waals surface area contributed by atoms with Crippen LogP contribution in [0.4, 0.5) is 0 Å². The fourth-order valence-corrected chi connectivity index (χ4v) is 2.67. The molecule has 0 bridgehead atoms. The summed E-state index contributed by atoms with van der Waals surface area (Å²) < 4.78 is 2.00. The number of hydrogen-bond acceptors (Lipinski definition) is 2. The van der Waals surface area contributed by atoms with E-state index in [0.29, 0.717) is 18.9 Å². The van der Waals surface area contributed by atoms with Crippen molar-refractivity contribution in [2.24, 2.45) is 5.92 Å². The van der Waals surface area contributed by atoms with E-state index >= 15 is 0 Å². The van der Waals surface area contributed by atoms with Crippen molar-refractivity contribution < 1.29 is 4.79 Å². The predicted molar refractivity (Wildman–Crippen MR) is 93.5 cm³/mol. The Morgan fingerprint density at radius 2 is 2.00 bits per heavy atom. The third-order valence-electron chi connectivity index (χ3n) is 3.99. The number of carbonyl (C=O) groups excluding carboxylic acids is 1. The van der Waals surface area contributed by atoms with Gasteiger partial charge in [-0.2, -0.15) is 5.10 Å². The lowest BCUT2D eigenvalue weighted by atomic mass is 10.1. The minimum atomic E-state index is 0.0694. The molecule has 1 N–H and O–H groups in total. The van der Waals surface area contributed by atoms with Crippen LogP contribution in [0.15, 0.2) is 24.3 Å². The van der Waals surface area contributed by atoms with Crippen LogP contribution in [0.2, 0.25) is 0 Å². The number of aromatic nitrogens is 2. The first-order chi connectivity index (χ1) is 10.9. The highest BCUT2D eigenvalue weighted by Gasteiger charge is 2.15. The van der Waals surface area contributed by atoms with Gasteiger partial charge in [0.25, 0.3) is 0 Å². The van der Waals surface area contributed by atoms with Crippen LogP contribution in [0.5, 0.6) is 0 Å². The highest BCUT2D eigenvalue weighted by Crippen LogP contribution is 2.16. The molecule has 0 atom stereocenters. The van der Waals surface area contributed by atoms with E-state index in [1.165, 1.54) is 11.1 Å². The van der Waals surface area contributed by atoms with E-state index in [1.807, 2.05) is 18.5 Å². The predicted octanol–water partition coefficient (Wildman–Crippen LogP) is 3.17. The summed E-state index contributed by atoms with van der Waals surface area (Å²) in [6.07, 6.45) is 0.401. The highest BCUT2D eigenvalue weighted by molar-refractivity contribution is 5.79. The van der Waals surface area contributed by atoms with E-state index in [-0.39, 0.29) is 5.91 Å². The summed E-state index contributed by atoms with van der Waals surface area (Å²) in [7, 11) is 0. The van der Waals surface area contributed by atoms with Gasteiger partial charge in [0.2, 0.25) is 5.91 Å². The van der Waals surface area contributed by atoms with Crippen LogP contribution in [0.25, 0.3) is 0 Å². The van der Waals surface area contributed by atoms with Crippen LogP contribution >= 0.6 is 0 Å². The second-order valence-corrected chi connectivity index (χ2v) is 6.67. The number of carbonyl (C=O) groups is 1. The summed E-state index contributed by atoms with van der Waals surface area (Å²) in [6.45, 7) is 11.8. The van der Waals surface area contributed by atoms with Crippen molar-refractivity contribution in [3.63, 3.8) is 0 Å². The van der Waals surface area contributed by atoms with Gasteiger partial charge in [-0.25, -0.2) is 0 Å². The average molecular weight is 313 g/mol. The zero-order valence-corrected chi connectivity index (χ0v) is 14.8. The van der Waals surface area contributed by atoms with Crippen LogP contribution in [0.1, 0.15) is 41.9 Å². The summed E-state index contributed by atoms with van der Waals surface area (Å²) in [5.74, 6) is 0.533. The monoisotopic (exact) mass is 313 g/mol. The summed E-state index contributed by atoms with van der Waals surface area (Å²) in [6, 6.07) is 8.44. The molecule has 0 unspecified atom stereocenters. The van der Waals surface area contributed by atoms with Gasteiger partial charge in [-0.15, -0.1) is 0 Å². The summed E-state index contributed by atoms with van der Waals surface area (Å²) in [5, 5.41) is 7.60. The fraction of sp³-hybridized carbons (Fsp3) is 0.474. The molecule has 1 aromatic carbocycles. The molecule has 0 spiro atoms. The average Bonchev–Trinajstić information content (AvgIpc) is 2.73. The third kappa shape index (κ3) is 4.68. The summed E-state index contributed by atoms with van der Waals surface area (Å²) in [4.78, 5) is 12.1. The zero-order valence-electron chi connectivity index (χ0n) is 14.8. The molecule has 1 aromatic heterocycles. The van der Waals surface area contributed by atoms with E-state index in [4.69, 9.17) is 0 Å². The quantitative estimate of drug-likeness (QED) is 0.890. The Hall–Kier alpha value is -2.10. The van der Waals surface area contributed by atoms with Crippen molar-refractivity contribution in [2.75, 3.05) is 6.54 Å². The van der Waals surface area contributed by atoms with Crippen molar-refractivity contribution in [3.05, 3.63) is 52.3 Å². The Bertz CT molecular complexity index is 686. The van der Waals surface area contributed by atoms with Crippen molar-refractivity contribution >= 4 is 5.91 Å². The zero-order chi connectivity index (χ0) is 17.0. The van der Waals surface area contributed by atoms with Crippen LogP contribution in [-0.2, 0) is 17.8 Å². The van der Waals surface area contributed by atoms with Crippen LogP contribution in [-0.4, -0.2) is 22.2 Å². The molecular formula is C19H27N3O. The lowest BCUT2D eigenvalue weighted by Gasteiger charge is -2.09. The Morgan fingerprint density at radius 3 is 2.65 bits per heavy atom. The molecule has 0 fully saturated rings. The van der Waals surface area contributed by atoms with Gasteiger partial charge in [-0.05, 0) is 32.3 Å². The van der Waals surface area contributed by atoms with Gasteiger partial charge in [0.1, 0.15) is 0 Å². The molecule has 0 saturated carbocycles. The molecule has 124 valence electrons. The molecule has 1 heterocycles. The molecule has 4 heteroatoms. The van der Waals surface area contributed by atoms with E-state index in [0.717, 1.165) is 23.5 Å². The Balaban J connectivity index is 2.11. The topological polar surface area (TPSA) is 46.9 Å². The fourth-order valence-electron chi connectivity index (χ4n) is 2.67. The van der Waals surface area contributed by atoms with E-state index in [2.05, 4.69) is 55.5 Å². The number of benzene rings is 1. The van der Waals surface area contributed by atoms with Gasteiger partial charge >= 0.3 is 0 Å². The Morgan fingerprint density at radius 1 is 1.26 bits per heavy atom. The largest absolute Gasteiger partial charge is 0.356 e. The maximum Gasteiger partial charge on any atom is 0.224 e. The van der Waals surface area contributed by atoms with Crippen molar-refractivity contribution in [1.82, 2.24) is 15.1 Å². The molecule has 23 heavy (non-hydrogen) atoms. The first-order valence-corrected chi connectivity index (χ1v) is 8.22. The van der Waals surface area contributed by atoms with Gasteiger partial charge < -0.3 is 5.32 Å². The van der Waals surface area contributed by atoms with E-state index < -0.39 is 0 Å². The van der Waals surface area contributed by atoms with Gasteiger partial charge in [0, 0.05) is 17.8 Å². The van der Waals surface area contributed by atoms with E-state index in [9.17, 15) is 4.79 Å². The number of aryl methyl sites for hydroxylation is 2. The van der Waals surface area contributed by atoms with Crippen molar-refractivity contribution in [3.8, 4) is 0 Å². The van der Waals surface area contributed by atoms with Gasteiger partial charge in [-0.3, -0.25) is 9.48 Å². The Labute approximate surface area is 138 Å². The third-order valence-corrected chi connectivity index (χ3v) is 3.99. The minimum Gasteiger partial charge on any atom is -0.356 e. The molecule has 0 radical (unpaired) electrons. The van der Waals surface area contributed by atoms with E-state index in [1.54, 1.807) is 0 Å². The second kappa shape index (κ2) is 7.44. The lowest BCUT2D eigenvalue weighted by Crippen LogP contribution is -2.29. The molecule has 0 aliphatic carbocycles. The van der Waals surface area contributed by atoms with Crippen LogP contribution in [0, 0.1) is 26.7 Å². The first kappa shape index (κ1) is 17.3. The summed E-state index contributed by atoms with van der Waals surface area (Å²) in [5.41, 5.74) is 5.53. The smallest absolute Gasteiger partial charge is 0.224 e. The maximum atomic E-state index is 12.1. The molecule has 0 aliphatic rings. The van der Waals surface area contributed by atoms with Gasteiger partial charge in [-0.1, -0.05) is 43.7 Å². The maximum absolute atomic E-state index is 12.1. The number of rotatable bonds is 6.